The van der Waals surface area contributed by atoms with E-state index >= 15 is 0 Å². The van der Waals surface area contributed by atoms with Crippen LogP contribution in [-0.2, 0) is 4.74 Å². The van der Waals surface area contributed by atoms with Crippen LogP contribution in [0.2, 0.25) is 0 Å². The van der Waals surface area contributed by atoms with Crippen molar-refractivity contribution in [2.45, 2.75) is 57.4 Å². The van der Waals surface area contributed by atoms with Crippen LogP contribution >= 0.6 is 0 Å². The third kappa shape index (κ3) is 3.98. The molecule has 0 amide bonds. The summed E-state index contributed by atoms with van der Waals surface area (Å²) in [4.78, 5) is 0. The molecule has 1 aliphatic heterocycles. The molecule has 8 heteroatoms. The Morgan fingerprint density at radius 3 is 1.94 bits per heavy atom. The van der Waals surface area contributed by atoms with E-state index in [-0.39, 0.29) is 17.2 Å². The van der Waals surface area contributed by atoms with E-state index < -0.39 is 34.8 Å². The minimum Gasteiger partial charge on any atom is -0.508 e. The van der Waals surface area contributed by atoms with Gasteiger partial charge in [0.15, 0.2) is 0 Å². The van der Waals surface area contributed by atoms with Gasteiger partial charge in [-0.2, -0.15) is 0 Å². The molecule has 0 aliphatic carbocycles. The second-order valence-corrected chi connectivity index (χ2v) is 9.55. The molecule has 2 aromatic rings. The van der Waals surface area contributed by atoms with Crippen LogP contribution in [0.5, 0.6) is 17.2 Å². The van der Waals surface area contributed by atoms with Crippen LogP contribution in [0.25, 0.3) is 12.2 Å². The molecule has 4 atom stereocenters. The lowest BCUT2D eigenvalue weighted by Gasteiger charge is -2.64. The molecule has 3 rings (SSSR count). The van der Waals surface area contributed by atoms with Gasteiger partial charge >= 0.3 is 0 Å². The average molecular weight is 461 g/mol. The number of aliphatic hydroxyl groups excluding tert-OH is 1. The van der Waals surface area contributed by atoms with E-state index in [2.05, 4.69) is 0 Å². The number of aromatic hydroxyl groups is 2. The summed E-state index contributed by atoms with van der Waals surface area (Å²) in [7, 11) is 0. The molecule has 1 heterocycles. The van der Waals surface area contributed by atoms with Gasteiger partial charge in [0, 0.05) is 18.4 Å². The number of hydrogen-bond acceptors (Lipinski definition) is 8. The van der Waals surface area contributed by atoms with Crippen molar-refractivity contribution < 1.29 is 40.1 Å². The number of phenolic OH excluding ortho intramolecular Hbond substituents is 2. The highest BCUT2D eigenvalue weighted by atomic mass is 16.8. The van der Waals surface area contributed by atoms with Crippen LogP contribution in [0.1, 0.15) is 45.7 Å². The number of hydrogen-bond donors (Lipinski definition) is 6. The van der Waals surface area contributed by atoms with E-state index in [1.54, 1.807) is 42.5 Å². The molecular weight excluding hydrogens is 428 g/mol. The molecular formula is C25H32O8. The van der Waals surface area contributed by atoms with E-state index in [9.17, 15) is 30.6 Å². The van der Waals surface area contributed by atoms with Crippen molar-refractivity contribution in [2.24, 2.45) is 5.41 Å². The molecule has 0 aromatic heterocycles. The lowest BCUT2D eigenvalue weighted by molar-refractivity contribution is -0.478. The van der Waals surface area contributed by atoms with Crippen LogP contribution < -0.4 is 4.74 Å². The molecule has 0 saturated carbocycles. The van der Waals surface area contributed by atoms with Crippen LogP contribution in [0.3, 0.4) is 0 Å². The normalized spacial score (nSPS) is 33.8. The quantitative estimate of drug-likeness (QED) is 0.374. The summed E-state index contributed by atoms with van der Waals surface area (Å²) in [6, 6.07) is 11.0. The Hall–Kier alpha value is -2.62. The Morgan fingerprint density at radius 2 is 1.36 bits per heavy atom. The predicted molar refractivity (Wildman–Crippen MR) is 122 cm³/mol. The predicted octanol–water partition coefficient (Wildman–Crippen LogP) is 2.60. The molecule has 1 aliphatic rings. The highest BCUT2D eigenvalue weighted by Crippen LogP contribution is 2.57. The summed E-state index contributed by atoms with van der Waals surface area (Å²) in [6.45, 7) is 6.20. The van der Waals surface area contributed by atoms with E-state index in [1.165, 1.54) is 46.8 Å². The van der Waals surface area contributed by atoms with Gasteiger partial charge in [0.2, 0.25) is 11.6 Å². The topological polar surface area (TPSA) is 140 Å². The third-order valence-electron chi connectivity index (χ3n) is 7.24. The van der Waals surface area contributed by atoms with Crippen molar-refractivity contribution in [3.05, 3.63) is 53.6 Å². The van der Waals surface area contributed by atoms with Gasteiger partial charge in [-0.15, -0.1) is 0 Å². The molecule has 1 fully saturated rings. The van der Waals surface area contributed by atoms with Crippen molar-refractivity contribution >= 4 is 12.2 Å². The van der Waals surface area contributed by atoms with Crippen LogP contribution in [0, 0.1) is 5.41 Å². The van der Waals surface area contributed by atoms with Crippen LogP contribution in [0.15, 0.2) is 42.5 Å². The van der Waals surface area contributed by atoms with Crippen molar-refractivity contribution in [1.82, 2.24) is 0 Å². The first kappa shape index (κ1) is 25.0. The van der Waals surface area contributed by atoms with Crippen molar-refractivity contribution in [3.63, 3.8) is 0 Å². The van der Waals surface area contributed by atoms with Gasteiger partial charge in [-0.05, 0) is 49.2 Å². The van der Waals surface area contributed by atoms with Gasteiger partial charge < -0.3 is 40.1 Å². The Morgan fingerprint density at radius 1 is 0.788 bits per heavy atom. The Labute approximate surface area is 193 Å². The summed E-state index contributed by atoms with van der Waals surface area (Å²) < 4.78 is 11.7. The van der Waals surface area contributed by atoms with Gasteiger partial charge in [0.1, 0.15) is 35.1 Å². The van der Waals surface area contributed by atoms with E-state index in [4.69, 9.17) is 9.47 Å². The SMILES string of the molecule is CC1(Oc2cc(O)cc(/C=C/c3ccc(O)cc3)c2)OC(O)(CO)[C@@](C)(O)C(C)(C)[C@]1(C)O. The van der Waals surface area contributed by atoms with Gasteiger partial charge in [0.05, 0.1) is 0 Å². The molecule has 33 heavy (non-hydrogen) atoms. The minimum absolute atomic E-state index is 0.111. The Bertz CT molecular complexity index is 1040. The van der Waals surface area contributed by atoms with Gasteiger partial charge in [-0.1, -0.05) is 38.1 Å². The molecule has 0 bridgehead atoms. The van der Waals surface area contributed by atoms with Gasteiger partial charge in [-0.25, -0.2) is 0 Å². The summed E-state index contributed by atoms with van der Waals surface area (Å²) in [5.41, 5.74) is -3.93. The molecule has 2 aromatic carbocycles. The maximum atomic E-state index is 11.5. The fourth-order valence-electron chi connectivity index (χ4n) is 4.12. The molecule has 0 radical (unpaired) electrons. The molecule has 2 unspecified atom stereocenters. The van der Waals surface area contributed by atoms with Crippen LogP contribution in [-0.4, -0.2) is 60.0 Å². The first-order chi connectivity index (χ1) is 15.1. The molecule has 180 valence electrons. The van der Waals surface area contributed by atoms with E-state index in [1.807, 2.05) is 0 Å². The first-order valence-corrected chi connectivity index (χ1v) is 10.6. The maximum Gasteiger partial charge on any atom is 0.239 e. The van der Waals surface area contributed by atoms with E-state index in [0.717, 1.165) is 5.56 Å². The fraction of sp³-hybridized carbons (Fsp3) is 0.440. The first-order valence-electron chi connectivity index (χ1n) is 10.6. The largest absolute Gasteiger partial charge is 0.508 e. The number of ether oxygens (including phenoxy) is 2. The summed E-state index contributed by atoms with van der Waals surface area (Å²) >= 11 is 0. The van der Waals surface area contributed by atoms with Crippen molar-refractivity contribution in [1.29, 1.82) is 0 Å². The Kier molecular flexibility index (Phi) is 6.06. The zero-order valence-electron chi connectivity index (χ0n) is 19.4. The van der Waals surface area contributed by atoms with Crippen molar-refractivity contribution in [2.75, 3.05) is 6.61 Å². The molecule has 6 N–H and O–H groups in total. The smallest absolute Gasteiger partial charge is 0.239 e. The standard InChI is InChI=1S/C25H32O8/c1-21(2)22(3,29)24(5,33-25(31,15-26)23(21,4)30)32-20-13-17(12-19(28)14-20)7-6-16-8-10-18(27)11-9-16/h6-14,26-31H,15H2,1-5H3/b7-6+/t22-,23-,24?,25?/m0/s1. The summed E-state index contributed by atoms with van der Waals surface area (Å²) in [6.07, 6.45) is 3.50. The fourth-order valence-corrected chi connectivity index (χ4v) is 4.12. The zero-order chi connectivity index (χ0) is 24.9. The van der Waals surface area contributed by atoms with Crippen LogP contribution in [0.4, 0.5) is 0 Å². The highest BCUT2D eigenvalue weighted by Gasteiger charge is 2.74. The maximum absolute atomic E-state index is 11.5. The lowest BCUT2D eigenvalue weighted by atomic mass is 9.57. The number of rotatable bonds is 5. The molecule has 1 saturated heterocycles. The number of benzene rings is 2. The second kappa shape index (κ2) is 8.00. The van der Waals surface area contributed by atoms with E-state index in [0.29, 0.717) is 5.56 Å². The molecule has 0 spiro atoms. The number of aliphatic hydroxyl groups is 4. The summed E-state index contributed by atoms with van der Waals surface area (Å²) in [5.74, 6) is -4.20. The summed E-state index contributed by atoms with van der Waals surface area (Å²) in [5, 5.41) is 62.9. The third-order valence-corrected chi connectivity index (χ3v) is 7.24. The monoisotopic (exact) mass is 460 g/mol. The van der Waals surface area contributed by atoms with Gasteiger partial charge in [0.25, 0.3) is 0 Å². The average Bonchev–Trinajstić information content (AvgIpc) is 2.71. The van der Waals surface area contributed by atoms with Gasteiger partial charge in [-0.3, -0.25) is 0 Å². The second-order valence-electron chi connectivity index (χ2n) is 9.55. The lowest BCUT2D eigenvalue weighted by Crippen LogP contribution is -2.82. The zero-order valence-corrected chi connectivity index (χ0v) is 19.4. The molecule has 8 nitrogen and oxygen atoms in total. The highest BCUT2D eigenvalue weighted by molar-refractivity contribution is 5.71. The minimum atomic E-state index is -2.44. The Balaban J connectivity index is 1.98. The number of phenols is 2. The van der Waals surface area contributed by atoms with Crippen molar-refractivity contribution in [3.8, 4) is 17.2 Å².